The van der Waals surface area contributed by atoms with Crippen LogP contribution in [0.4, 0.5) is 27.3 Å². The van der Waals surface area contributed by atoms with E-state index in [-0.39, 0.29) is 6.09 Å². The molecule has 0 spiro atoms. The van der Waals surface area contributed by atoms with E-state index in [0.29, 0.717) is 16.7 Å². The van der Waals surface area contributed by atoms with E-state index in [2.05, 4.69) is 50.9 Å². The molecule has 0 amide bonds. The fraction of sp³-hybridized carbons (Fsp3) is 0.400. The average Bonchev–Trinajstić information content (AvgIpc) is 2.81. The van der Waals surface area contributed by atoms with E-state index in [1.807, 2.05) is 0 Å². The molecule has 2 nitrogen and oxygen atoms in total. The molecule has 128 valence electrons. The smallest absolute Gasteiger partial charge is 0.418 e. The summed E-state index contributed by atoms with van der Waals surface area (Å²) in [5, 5.41) is 0. The van der Waals surface area contributed by atoms with Crippen LogP contribution in [0, 0.1) is 0 Å². The molecule has 0 saturated heterocycles. The number of benzene rings is 1. The lowest BCUT2D eigenvalue weighted by Crippen LogP contribution is -3.04. The van der Waals surface area contributed by atoms with E-state index in [1.54, 1.807) is 6.20 Å². The molecule has 0 aromatic heterocycles. The van der Waals surface area contributed by atoms with Crippen molar-refractivity contribution in [3.8, 4) is 0 Å². The molecule has 2 rings (SSSR count). The number of amidine groups is 1. The molecule has 0 radical (unpaired) electrons. The van der Waals surface area contributed by atoms with Crippen LogP contribution in [0.15, 0.2) is 35.6 Å². The number of rotatable bonds is 3. The zero-order valence-corrected chi connectivity index (χ0v) is 13.5. The second kappa shape index (κ2) is 7.72. The van der Waals surface area contributed by atoms with Crippen LogP contribution in [0.2, 0.25) is 0 Å². The predicted molar refractivity (Wildman–Crippen MR) is 83.1 cm³/mol. The molecule has 1 atom stereocenters. The maximum absolute atomic E-state index is 13.8. The maximum Gasteiger partial charge on any atom is 0.673 e. The molecule has 0 aliphatic carbocycles. The Hall–Kier alpha value is -1.70. The quantitative estimate of drug-likeness (QED) is 0.474. The van der Waals surface area contributed by atoms with Crippen LogP contribution in [-0.2, 0) is 0 Å². The van der Waals surface area contributed by atoms with E-state index in [1.165, 1.54) is 17.3 Å². The van der Waals surface area contributed by atoms with Crippen LogP contribution in [0.1, 0.15) is 50.7 Å². The van der Waals surface area contributed by atoms with Crippen LogP contribution in [0.25, 0.3) is 0 Å². The van der Waals surface area contributed by atoms with E-state index in [9.17, 15) is 21.7 Å². The van der Waals surface area contributed by atoms with Crippen molar-refractivity contribution in [3.63, 3.8) is 0 Å². The van der Waals surface area contributed by atoms with Crippen molar-refractivity contribution in [2.24, 2.45) is 4.99 Å². The standard InChI is InChI=1S/C15H19FN2.BF4/c1-10(2)12-6-5-7-13(11(3)4)14(12)18-9-8-17-15(18)16;2-1(3,4)5/h5-11H,1-4H3;/q;-1/p+1. The van der Waals surface area contributed by atoms with Gasteiger partial charge in [-0.15, -0.1) is 4.39 Å². The molecule has 0 bridgehead atoms. The molecule has 1 aliphatic heterocycles. The third-order valence-corrected chi connectivity index (χ3v) is 3.29. The maximum atomic E-state index is 13.8. The summed E-state index contributed by atoms with van der Waals surface area (Å²) in [4.78, 5) is 4.36. The molecule has 1 aromatic rings. The van der Waals surface area contributed by atoms with Crippen molar-refractivity contribution in [1.29, 1.82) is 0 Å². The summed E-state index contributed by atoms with van der Waals surface area (Å²) in [6, 6.07) is 6.22. The SMILES string of the molecule is CC(C)c1cccc(C(C)C)c1[NH+]1C=CN=C1F.F[B-](F)(F)F. The second-order valence-corrected chi connectivity index (χ2v) is 5.77. The van der Waals surface area contributed by atoms with Gasteiger partial charge in [-0.2, -0.15) is 9.89 Å². The Labute approximate surface area is 132 Å². The van der Waals surface area contributed by atoms with Crippen molar-refractivity contribution in [3.05, 3.63) is 41.7 Å². The molecule has 0 saturated carbocycles. The molecule has 23 heavy (non-hydrogen) atoms. The van der Waals surface area contributed by atoms with Gasteiger partial charge >= 0.3 is 13.3 Å². The van der Waals surface area contributed by atoms with Crippen molar-refractivity contribution >= 4 is 19.0 Å². The highest BCUT2D eigenvalue weighted by Gasteiger charge is 2.29. The third kappa shape index (κ3) is 5.78. The molecule has 8 heteroatoms. The van der Waals surface area contributed by atoms with Crippen molar-refractivity contribution in [2.75, 3.05) is 0 Å². The van der Waals surface area contributed by atoms with Gasteiger partial charge in [0.25, 0.3) is 0 Å². The Kier molecular flexibility index (Phi) is 6.50. The van der Waals surface area contributed by atoms with Gasteiger partial charge in [0.05, 0.1) is 6.20 Å². The lowest BCUT2D eigenvalue weighted by Gasteiger charge is -2.20. The average molecular weight is 334 g/mol. The van der Waals surface area contributed by atoms with Crippen LogP contribution < -0.4 is 4.90 Å². The number of para-hydroxylation sites is 1. The molecule has 1 N–H and O–H groups in total. The summed E-state index contributed by atoms with van der Waals surface area (Å²) in [5.41, 5.74) is 3.40. The zero-order valence-electron chi connectivity index (χ0n) is 13.5. The van der Waals surface area contributed by atoms with Gasteiger partial charge in [0, 0.05) is 11.1 Å². The van der Waals surface area contributed by atoms with E-state index < -0.39 is 7.25 Å². The summed E-state index contributed by atoms with van der Waals surface area (Å²) >= 11 is 0. The second-order valence-electron chi connectivity index (χ2n) is 5.77. The number of halogens is 5. The van der Waals surface area contributed by atoms with E-state index >= 15 is 0 Å². The Balaban J connectivity index is 0.000000463. The van der Waals surface area contributed by atoms with E-state index in [0.717, 1.165) is 5.69 Å². The highest BCUT2D eigenvalue weighted by Crippen LogP contribution is 2.30. The molecule has 1 aliphatic rings. The highest BCUT2D eigenvalue weighted by atomic mass is 19.5. The van der Waals surface area contributed by atoms with Crippen molar-refractivity contribution in [2.45, 2.75) is 39.5 Å². The van der Waals surface area contributed by atoms with Gasteiger partial charge in [-0.25, -0.2) is 0 Å². The molecule has 1 heterocycles. The third-order valence-electron chi connectivity index (χ3n) is 3.29. The largest absolute Gasteiger partial charge is 0.673 e. The number of hydrogen-bond acceptors (Lipinski definition) is 1. The summed E-state index contributed by atoms with van der Waals surface area (Å²) in [6.45, 7) is 8.54. The van der Waals surface area contributed by atoms with E-state index in [4.69, 9.17) is 0 Å². The fourth-order valence-corrected chi connectivity index (χ4v) is 2.36. The minimum atomic E-state index is -6.00. The van der Waals surface area contributed by atoms with Gasteiger partial charge in [0.15, 0.2) is 5.69 Å². The first-order valence-corrected chi connectivity index (χ1v) is 7.30. The summed E-state index contributed by atoms with van der Waals surface area (Å²) < 4.78 is 52.8. The first-order chi connectivity index (χ1) is 10.5. The van der Waals surface area contributed by atoms with Crippen LogP contribution in [0.3, 0.4) is 0 Å². The number of nitrogens with one attached hydrogen (secondary N) is 1. The van der Waals surface area contributed by atoms with Gasteiger partial charge in [0.1, 0.15) is 6.20 Å². The van der Waals surface area contributed by atoms with Gasteiger partial charge in [0.2, 0.25) is 0 Å². The van der Waals surface area contributed by atoms with Gasteiger partial charge < -0.3 is 17.3 Å². The first kappa shape index (κ1) is 19.4. The van der Waals surface area contributed by atoms with Crippen LogP contribution in [-0.4, -0.2) is 13.3 Å². The summed E-state index contributed by atoms with van der Waals surface area (Å²) in [5.74, 6) is 0.737. The summed E-state index contributed by atoms with van der Waals surface area (Å²) in [7, 11) is -6.00. The number of hydrogen-bond donors (Lipinski definition) is 1. The fourth-order valence-electron chi connectivity index (χ4n) is 2.36. The topological polar surface area (TPSA) is 16.8 Å². The Bertz CT molecular complexity index is 562. The number of nitrogens with zero attached hydrogens (tertiary/aromatic N) is 1. The van der Waals surface area contributed by atoms with Crippen molar-refractivity contribution in [1.82, 2.24) is 0 Å². The number of aliphatic imine (C=N–C) groups is 1. The Morgan fingerprint density at radius 1 is 0.957 bits per heavy atom. The first-order valence-electron chi connectivity index (χ1n) is 7.30. The lowest BCUT2D eigenvalue weighted by atomic mass is 9.92. The van der Waals surface area contributed by atoms with Crippen molar-refractivity contribution < 1.29 is 26.6 Å². The minimum absolute atomic E-state index is 0.369. The monoisotopic (exact) mass is 334 g/mol. The van der Waals surface area contributed by atoms with Crippen LogP contribution >= 0.6 is 0 Å². The molecular weight excluding hydrogens is 314 g/mol. The Morgan fingerprint density at radius 3 is 1.70 bits per heavy atom. The molecule has 0 fully saturated rings. The normalized spacial score (nSPS) is 17.3. The predicted octanol–water partition coefficient (Wildman–Crippen LogP) is 4.56. The minimum Gasteiger partial charge on any atom is -0.418 e. The summed E-state index contributed by atoms with van der Waals surface area (Å²) in [6.07, 6.45) is 2.93. The highest BCUT2D eigenvalue weighted by molar-refractivity contribution is 6.50. The van der Waals surface area contributed by atoms with Gasteiger partial charge in [-0.3, -0.25) is 0 Å². The zero-order chi connectivity index (χ0) is 17.8. The molecule has 1 unspecified atom stereocenters. The van der Waals surface area contributed by atoms with Gasteiger partial charge in [-0.1, -0.05) is 45.9 Å². The van der Waals surface area contributed by atoms with Crippen LogP contribution in [0.5, 0.6) is 0 Å². The van der Waals surface area contributed by atoms with Gasteiger partial charge in [-0.05, 0) is 11.8 Å². The lowest BCUT2D eigenvalue weighted by molar-refractivity contribution is -0.673. The Morgan fingerprint density at radius 2 is 1.39 bits per heavy atom. The molecular formula is C15H20BF5N2. The molecule has 1 aromatic carbocycles. The number of quaternary nitrogens is 1.